The molecule has 21 heavy (non-hydrogen) atoms. The largest absolute Gasteiger partial charge is 0.399 e. The highest BCUT2D eigenvalue weighted by molar-refractivity contribution is 6.31. The lowest BCUT2D eigenvalue weighted by molar-refractivity contribution is -0.117. The normalized spacial score (nSPS) is 12.3. The molecule has 2 rings (SSSR count). The molecule has 3 nitrogen and oxygen atoms in total. The van der Waals surface area contributed by atoms with Gasteiger partial charge in [0.05, 0.1) is 6.04 Å². The van der Waals surface area contributed by atoms with Crippen LogP contribution >= 0.6 is 11.6 Å². The summed E-state index contributed by atoms with van der Waals surface area (Å²) in [6, 6.07) is 14.6. The number of anilines is 1. The third-order valence-corrected chi connectivity index (χ3v) is 3.44. The van der Waals surface area contributed by atoms with Gasteiger partial charge in [-0.25, -0.2) is 0 Å². The molecule has 0 radical (unpaired) electrons. The number of carbonyl (C=O) groups is 1. The van der Waals surface area contributed by atoms with Crippen molar-refractivity contribution in [1.29, 1.82) is 0 Å². The molecule has 108 valence electrons. The molecule has 0 saturated carbocycles. The van der Waals surface area contributed by atoms with Gasteiger partial charge < -0.3 is 11.1 Å². The second-order valence-corrected chi connectivity index (χ2v) is 5.16. The number of nitrogen functional groups attached to an aromatic ring is 1. The highest BCUT2D eigenvalue weighted by atomic mass is 35.5. The first-order chi connectivity index (χ1) is 10.1. The van der Waals surface area contributed by atoms with E-state index >= 15 is 0 Å². The SMILES string of the molecule is C[C@H](NC(=O)/C=C/c1ccc(N)cc1)c1ccccc1Cl. The van der Waals surface area contributed by atoms with Crippen LogP contribution in [0.2, 0.25) is 5.02 Å². The van der Waals surface area contributed by atoms with Crippen LogP contribution < -0.4 is 11.1 Å². The average Bonchev–Trinajstić information content (AvgIpc) is 2.47. The Bertz CT molecular complexity index is 650. The number of carbonyl (C=O) groups excluding carboxylic acids is 1. The van der Waals surface area contributed by atoms with E-state index in [2.05, 4.69) is 5.32 Å². The fourth-order valence-corrected chi connectivity index (χ4v) is 2.24. The predicted molar refractivity (Wildman–Crippen MR) is 87.9 cm³/mol. The van der Waals surface area contributed by atoms with Gasteiger partial charge in [-0.05, 0) is 42.3 Å². The first-order valence-electron chi connectivity index (χ1n) is 6.65. The molecule has 0 saturated heterocycles. The van der Waals surface area contributed by atoms with Crippen LogP contribution in [0.4, 0.5) is 5.69 Å². The summed E-state index contributed by atoms with van der Waals surface area (Å²) in [7, 11) is 0. The topological polar surface area (TPSA) is 55.1 Å². The lowest BCUT2D eigenvalue weighted by Gasteiger charge is -2.14. The van der Waals surface area contributed by atoms with Crippen LogP contribution in [-0.2, 0) is 4.79 Å². The summed E-state index contributed by atoms with van der Waals surface area (Å²) in [5.41, 5.74) is 8.13. The minimum atomic E-state index is -0.167. The zero-order chi connectivity index (χ0) is 15.2. The van der Waals surface area contributed by atoms with Crippen LogP contribution in [0.3, 0.4) is 0 Å². The van der Waals surface area contributed by atoms with Gasteiger partial charge in [-0.3, -0.25) is 4.79 Å². The Hall–Kier alpha value is -2.26. The standard InChI is InChI=1S/C17H17ClN2O/c1-12(15-4-2-3-5-16(15)18)20-17(21)11-8-13-6-9-14(19)10-7-13/h2-12H,19H2,1H3,(H,20,21)/b11-8+/t12-/m0/s1. The van der Waals surface area contributed by atoms with E-state index in [-0.39, 0.29) is 11.9 Å². The second-order valence-electron chi connectivity index (χ2n) is 4.75. The Morgan fingerprint density at radius 2 is 1.86 bits per heavy atom. The van der Waals surface area contributed by atoms with Crippen molar-refractivity contribution in [1.82, 2.24) is 5.32 Å². The Morgan fingerprint density at radius 3 is 2.52 bits per heavy atom. The molecule has 0 aliphatic rings. The number of hydrogen-bond donors (Lipinski definition) is 2. The van der Waals surface area contributed by atoms with Crippen molar-refractivity contribution >= 4 is 29.3 Å². The maximum Gasteiger partial charge on any atom is 0.244 e. The van der Waals surface area contributed by atoms with Gasteiger partial charge in [-0.1, -0.05) is 41.9 Å². The molecule has 0 fully saturated rings. The van der Waals surface area contributed by atoms with Crippen molar-refractivity contribution in [3.63, 3.8) is 0 Å². The van der Waals surface area contributed by atoms with Crippen LogP contribution in [0, 0.1) is 0 Å². The summed E-state index contributed by atoms with van der Waals surface area (Å²) < 4.78 is 0. The van der Waals surface area contributed by atoms with Gasteiger partial charge in [0.25, 0.3) is 0 Å². The zero-order valence-electron chi connectivity index (χ0n) is 11.7. The first kappa shape index (κ1) is 15.1. The molecule has 4 heteroatoms. The molecular weight excluding hydrogens is 284 g/mol. The van der Waals surface area contributed by atoms with Crippen LogP contribution in [-0.4, -0.2) is 5.91 Å². The number of nitrogens with two attached hydrogens (primary N) is 1. The molecule has 3 N–H and O–H groups in total. The van der Waals surface area contributed by atoms with Crippen molar-refractivity contribution in [2.24, 2.45) is 0 Å². The van der Waals surface area contributed by atoms with E-state index in [4.69, 9.17) is 17.3 Å². The fraction of sp³-hybridized carbons (Fsp3) is 0.118. The predicted octanol–water partition coefficient (Wildman–Crippen LogP) is 3.81. The van der Waals surface area contributed by atoms with Gasteiger partial charge in [0, 0.05) is 16.8 Å². The van der Waals surface area contributed by atoms with Gasteiger partial charge in [-0.15, -0.1) is 0 Å². The van der Waals surface area contributed by atoms with Gasteiger partial charge >= 0.3 is 0 Å². The molecule has 0 heterocycles. The molecular formula is C17H17ClN2O. The average molecular weight is 301 g/mol. The minimum absolute atomic E-state index is 0.151. The molecule has 0 aromatic heterocycles. The first-order valence-corrected chi connectivity index (χ1v) is 7.02. The summed E-state index contributed by atoms with van der Waals surface area (Å²) in [6.45, 7) is 1.90. The summed E-state index contributed by atoms with van der Waals surface area (Å²) in [6.07, 6.45) is 3.24. The lowest BCUT2D eigenvalue weighted by atomic mass is 10.1. The van der Waals surface area contributed by atoms with Crippen molar-refractivity contribution in [2.75, 3.05) is 5.73 Å². The van der Waals surface area contributed by atoms with E-state index in [0.717, 1.165) is 11.1 Å². The van der Waals surface area contributed by atoms with Crippen LogP contribution in [0.5, 0.6) is 0 Å². The minimum Gasteiger partial charge on any atom is -0.399 e. The Morgan fingerprint density at radius 1 is 1.19 bits per heavy atom. The van der Waals surface area contributed by atoms with E-state index < -0.39 is 0 Å². The van der Waals surface area contributed by atoms with Crippen LogP contribution in [0.1, 0.15) is 24.1 Å². The maximum atomic E-state index is 11.9. The Balaban J connectivity index is 1.98. The molecule has 2 aromatic carbocycles. The molecule has 1 atom stereocenters. The number of hydrogen-bond acceptors (Lipinski definition) is 2. The van der Waals surface area contributed by atoms with Crippen LogP contribution in [0.15, 0.2) is 54.6 Å². The van der Waals surface area contributed by atoms with Gasteiger partial charge in [-0.2, -0.15) is 0 Å². The third kappa shape index (κ3) is 4.36. The van der Waals surface area contributed by atoms with Gasteiger partial charge in [0.15, 0.2) is 0 Å². The quantitative estimate of drug-likeness (QED) is 0.666. The Labute approximate surface area is 129 Å². The second kappa shape index (κ2) is 6.95. The van der Waals surface area contributed by atoms with Crippen molar-refractivity contribution in [2.45, 2.75) is 13.0 Å². The zero-order valence-corrected chi connectivity index (χ0v) is 12.5. The molecule has 1 amide bonds. The Kier molecular flexibility index (Phi) is 5.01. The smallest absolute Gasteiger partial charge is 0.244 e. The highest BCUT2D eigenvalue weighted by Gasteiger charge is 2.10. The van der Waals surface area contributed by atoms with E-state index in [1.54, 1.807) is 18.2 Å². The van der Waals surface area contributed by atoms with Gasteiger partial charge in [0.1, 0.15) is 0 Å². The van der Waals surface area contributed by atoms with E-state index in [1.807, 2.05) is 43.3 Å². The summed E-state index contributed by atoms with van der Waals surface area (Å²) >= 11 is 6.11. The summed E-state index contributed by atoms with van der Waals surface area (Å²) in [5, 5.41) is 3.53. The lowest BCUT2D eigenvalue weighted by Crippen LogP contribution is -2.24. The molecule has 0 bridgehead atoms. The third-order valence-electron chi connectivity index (χ3n) is 3.09. The van der Waals surface area contributed by atoms with E-state index in [1.165, 1.54) is 6.08 Å². The molecule has 0 unspecified atom stereocenters. The number of rotatable bonds is 4. The number of amides is 1. The summed E-state index contributed by atoms with van der Waals surface area (Å²) in [5.74, 6) is -0.167. The van der Waals surface area contributed by atoms with E-state index in [9.17, 15) is 4.79 Å². The number of benzene rings is 2. The van der Waals surface area contributed by atoms with Crippen molar-refractivity contribution in [3.8, 4) is 0 Å². The van der Waals surface area contributed by atoms with Gasteiger partial charge in [0.2, 0.25) is 5.91 Å². The monoisotopic (exact) mass is 300 g/mol. The maximum absolute atomic E-state index is 11.9. The molecule has 2 aromatic rings. The van der Waals surface area contributed by atoms with Crippen molar-refractivity contribution < 1.29 is 4.79 Å². The van der Waals surface area contributed by atoms with Crippen LogP contribution in [0.25, 0.3) is 6.08 Å². The summed E-state index contributed by atoms with van der Waals surface area (Å²) in [4.78, 5) is 11.9. The number of halogens is 1. The highest BCUT2D eigenvalue weighted by Crippen LogP contribution is 2.22. The molecule has 0 aliphatic heterocycles. The van der Waals surface area contributed by atoms with E-state index in [0.29, 0.717) is 10.7 Å². The molecule has 0 aliphatic carbocycles. The molecule has 0 spiro atoms. The van der Waals surface area contributed by atoms with Crippen molar-refractivity contribution in [3.05, 3.63) is 70.8 Å². The fourth-order valence-electron chi connectivity index (χ4n) is 1.94. The number of nitrogens with one attached hydrogen (secondary N) is 1.